The Bertz CT molecular complexity index is 679. The molecule has 2 heterocycles. The van der Waals surface area contributed by atoms with Crippen molar-refractivity contribution < 1.29 is 8.81 Å². The number of fused-ring (bicyclic) bond motifs is 1. The summed E-state index contributed by atoms with van der Waals surface area (Å²) < 4.78 is 18.6. The Morgan fingerprint density at radius 1 is 1.06 bits per heavy atom. The molecule has 3 nitrogen and oxygen atoms in total. The maximum Gasteiger partial charge on any atom is 0.155 e. The molecule has 0 saturated heterocycles. The third-order valence-electron chi connectivity index (χ3n) is 2.36. The van der Waals surface area contributed by atoms with Crippen LogP contribution in [0.15, 0.2) is 40.8 Å². The van der Waals surface area contributed by atoms with Gasteiger partial charge >= 0.3 is 0 Å². The van der Waals surface area contributed by atoms with E-state index in [1.165, 1.54) is 12.1 Å². The second kappa shape index (κ2) is 3.82. The van der Waals surface area contributed by atoms with Crippen LogP contribution in [0, 0.1) is 5.82 Å². The van der Waals surface area contributed by atoms with E-state index < -0.39 is 0 Å². The molecule has 0 unspecified atom stereocenters. The number of furan rings is 1. The van der Waals surface area contributed by atoms with Gasteiger partial charge in [-0.25, -0.2) is 4.39 Å². The van der Waals surface area contributed by atoms with Crippen molar-refractivity contribution in [1.82, 2.24) is 10.2 Å². The predicted molar refractivity (Wildman–Crippen MR) is 62.2 cm³/mol. The zero-order valence-corrected chi connectivity index (χ0v) is 9.28. The lowest BCUT2D eigenvalue weighted by Crippen LogP contribution is -1.84. The summed E-state index contributed by atoms with van der Waals surface area (Å²) in [5.74, 6) is 0.238. The average Bonchev–Trinajstić information content (AvgIpc) is 2.72. The van der Waals surface area contributed by atoms with E-state index in [0.29, 0.717) is 27.6 Å². The molecule has 0 atom stereocenters. The minimum absolute atomic E-state index is 0.299. The molecule has 0 aliphatic rings. The third-order valence-corrected chi connectivity index (χ3v) is 2.56. The molecular weight excluding hydrogens is 243 g/mol. The molecule has 0 aliphatic heterocycles. The van der Waals surface area contributed by atoms with Crippen LogP contribution in [0.3, 0.4) is 0 Å². The van der Waals surface area contributed by atoms with Gasteiger partial charge in [0.15, 0.2) is 10.9 Å². The van der Waals surface area contributed by atoms with Gasteiger partial charge in [-0.15, -0.1) is 10.2 Å². The number of hydrogen-bond donors (Lipinski definition) is 0. The summed E-state index contributed by atoms with van der Waals surface area (Å²) in [6.07, 6.45) is 0. The van der Waals surface area contributed by atoms with E-state index in [-0.39, 0.29) is 5.82 Å². The fraction of sp³-hybridized carbons (Fsp3) is 0. The summed E-state index contributed by atoms with van der Waals surface area (Å²) in [6.45, 7) is 0. The van der Waals surface area contributed by atoms with E-state index in [0.717, 1.165) is 0 Å². The molecule has 3 aromatic rings. The number of halogens is 2. The monoisotopic (exact) mass is 248 g/mol. The van der Waals surface area contributed by atoms with E-state index in [9.17, 15) is 4.39 Å². The number of aromatic nitrogens is 2. The van der Waals surface area contributed by atoms with E-state index in [1.54, 1.807) is 24.3 Å². The SMILES string of the molecule is Fc1ccc2oc(-c3ccc(Cl)nn3)cc2c1. The Kier molecular flexibility index (Phi) is 2.30. The molecule has 1 aromatic carbocycles. The van der Waals surface area contributed by atoms with Crippen molar-refractivity contribution in [2.75, 3.05) is 0 Å². The standard InChI is InChI=1S/C12H6ClFN2O/c13-12-4-2-9(15-16-12)11-6-7-5-8(14)1-3-10(7)17-11/h1-6H. The van der Waals surface area contributed by atoms with Gasteiger partial charge in [-0.2, -0.15) is 0 Å². The highest BCUT2D eigenvalue weighted by atomic mass is 35.5. The number of benzene rings is 1. The van der Waals surface area contributed by atoms with Crippen LogP contribution in [0.2, 0.25) is 5.15 Å². The van der Waals surface area contributed by atoms with Gasteiger partial charge in [-0.1, -0.05) is 11.6 Å². The Morgan fingerprint density at radius 3 is 2.71 bits per heavy atom. The van der Waals surface area contributed by atoms with E-state index in [2.05, 4.69) is 10.2 Å². The van der Waals surface area contributed by atoms with Gasteiger partial charge in [0.05, 0.1) is 0 Å². The van der Waals surface area contributed by atoms with Crippen molar-refractivity contribution in [3.05, 3.63) is 47.4 Å². The van der Waals surface area contributed by atoms with Crippen molar-refractivity contribution in [3.63, 3.8) is 0 Å². The molecule has 3 rings (SSSR count). The molecule has 0 radical (unpaired) electrons. The first-order chi connectivity index (χ1) is 8.22. The van der Waals surface area contributed by atoms with Crippen LogP contribution < -0.4 is 0 Å². The highest BCUT2D eigenvalue weighted by molar-refractivity contribution is 6.29. The first-order valence-electron chi connectivity index (χ1n) is 4.91. The van der Waals surface area contributed by atoms with Crippen LogP contribution in [-0.4, -0.2) is 10.2 Å². The summed E-state index contributed by atoms with van der Waals surface area (Å²) in [4.78, 5) is 0. The molecule has 0 saturated carbocycles. The number of nitrogens with zero attached hydrogens (tertiary/aromatic N) is 2. The lowest BCUT2D eigenvalue weighted by atomic mass is 10.2. The first kappa shape index (κ1) is 10.2. The van der Waals surface area contributed by atoms with Gasteiger partial charge < -0.3 is 4.42 Å². The summed E-state index contributed by atoms with van der Waals surface area (Å²) >= 11 is 5.64. The van der Waals surface area contributed by atoms with Gasteiger partial charge in [0, 0.05) is 5.39 Å². The molecule has 0 aliphatic carbocycles. The Balaban J connectivity index is 2.14. The number of hydrogen-bond acceptors (Lipinski definition) is 3. The molecule has 17 heavy (non-hydrogen) atoms. The average molecular weight is 249 g/mol. The molecule has 0 N–H and O–H groups in total. The Morgan fingerprint density at radius 2 is 1.94 bits per heavy atom. The van der Waals surface area contributed by atoms with Crippen LogP contribution >= 0.6 is 11.6 Å². The molecule has 0 fully saturated rings. The quantitative estimate of drug-likeness (QED) is 0.659. The van der Waals surface area contributed by atoms with Crippen LogP contribution in [0.4, 0.5) is 4.39 Å². The van der Waals surface area contributed by atoms with Gasteiger partial charge in [0.1, 0.15) is 17.1 Å². The summed E-state index contributed by atoms with van der Waals surface area (Å²) in [7, 11) is 0. The van der Waals surface area contributed by atoms with Crippen molar-refractivity contribution in [1.29, 1.82) is 0 Å². The predicted octanol–water partition coefficient (Wildman–Crippen LogP) is 3.68. The van der Waals surface area contributed by atoms with Gasteiger partial charge in [-0.05, 0) is 36.4 Å². The van der Waals surface area contributed by atoms with Gasteiger partial charge in [0.25, 0.3) is 0 Å². The van der Waals surface area contributed by atoms with E-state index >= 15 is 0 Å². The Labute approximate surface area is 101 Å². The van der Waals surface area contributed by atoms with Gasteiger partial charge in [-0.3, -0.25) is 0 Å². The summed E-state index contributed by atoms with van der Waals surface area (Å²) in [5, 5.41) is 8.63. The second-order valence-corrected chi connectivity index (χ2v) is 3.92. The van der Waals surface area contributed by atoms with Crippen LogP contribution in [-0.2, 0) is 0 Å². The van der Waals surface area contributed by atoms with Crippen molar-refractivity contribution in [2.45, 2.75) is 0 Å². The maximum atomic E-state index is 13.0. The molecule has 0 spiro atoms. The molecule has 84 valence electrons. The summed E-state index contributed by atoms with van der Waals surface area (Å²) in [5.41, 5.74) is 1.17. The van der Waals surface area contributed by atoms with Crippen LogP contribution in [0.25, 0.3) is 22.4 Å². The van der Waals surface area contributed by atoms with Crippen LogP contribution in [0.5, 0.6) is 0 Å². The van der Waals surface area contributed by atoms with Gasteiger partial charge in [0.2, 0.25) is 0 Å². The molecule has 0 bridgehead atoms. The normalized spacial score (nSPS) is 10.9. The smallest absolute Gasteiger partial charge is 0.155 e. The molecular formula is C12H6ClFN2O. The largest absolute Gasteiger partial charge is 0.454 e. The molecule has 0 amide bonds. The zero-order valence-electron chi connectivity index (χ0n) is 8.52. The Hall–Kier alpha value is -1.94. The maximum absolute atomic E-state index is 13.0. The third kappa shape index (κ3) is 1.87. The highest BCUT2D eigenvalue weighted by Gasteiger charge is 2.08. The van der Waals surface area contributed by atoms with Crippen molar-refractivity contribution in [2.24, 2.45) is 0 Å². The fourth-order valence-electron chi connectivity index (χ4n) is 1.59. The minimum atomic E-state index is -0.299. The second-order valence-electron chi connectivity index (χ2n) is 3.53. The van der Waals surface area contributed by atoms with E-state index in [1.807, 2.05) is 0 Å². The van der Waals surface area contributed by atoms with Crippen molar-refractivity contribution in [3.8, 4) is 11.5 Å². The topological polar surface area (TPSA) is 38.9 Å². The first-order valence-corrected chi connectivity index (χ1v) is 5.29. The molecule has 5 heteroatoms. The highest BCUT2D eigenvalue weighted by Crippen LogP contribution is 2.26. The minimum Gasteiger partial charge on any atom is -0.454 e. The summed E-state index contributed by atoms with van der Waals surface area (Å²) in [6, 6.07) is 9.38. The number of rotatable bonds is 1. The van der Waals surface area contributed by atoms with E-state index in [4.69, 9.17) is 16.0 Å². The molecule has 2 aromatic heterocycles. The van der Waals surface area contributed by atoms with Crippen molar-refractivity contribution >= 4 is 22.6 Å². The lowest BCUT2D eigenvalue weighted by molar-refractivity contribution is 0.617. The lowest BCUT2D eigenvalue weighted by Gasteiger charge is -1.93. The van der Waals surface area contributed by atoms with Crippen LogP contribution in [0.1, 0.15) is 0 Å². The zero-order chi connectivity index (χ0) is 11.8. The fourth-order valence-corrected chi connectivity index (χ4v) is 1.69.